The maximum absolute atomic E-state index is 5.78. The van der Waals surface area contributed by atoms with Gasteiger partial charge in [-0.3, -0.25) is 0 Å². The van der Waals surface area contributed by atoms with Crippen molar-refractivity contribution in [1.29, 1.82) is 0 Å². The van der Waals surface area contributed by atoms with E-state index in [0.29, 0.717) is 0 Å². The van der Waals surface area contributed by atoms with Crippen LogP contribution in [0.1, 0.15) is 19.3 Å². The van der Waals surface area contributed by atoms with E-state index in [-0.39, 0.29) is 11.6 Å². The quantitative estimate of drug-likeness (QED) is 0.597. The lowest BCUT2D eigenvalue weighted by Gasteiger charge is -2.43. The van der Waals surface area contributed by atoms with Crippen molar-refractivity contribution < 1.29 is 4.74 Å². The van der Waals surface area contributed by atoms with Crippen LogP contribution in [0, 0.1) is 0 Å². The molecule has 2 N–H and O–H groups in total. The number of rotatable bonds is 3. The predicted molar refractivity (Wildman–Crippen MR) is 41.8 cm³/mol. The first kappa shape index (κ1) is 7.76. The second kappa shape index (κ2) is 2.72. The molecule has 1 unspecified atom stereocenters. The molecule has 1 saturated carbocycles. The molecule has 0 amide bonds. The Hall–Kier alpha value is -0.340. The van der Waals surface area contributed by atoms with Crippen LogP contribution in [-0.2, 0) is 4.74 Å². The van der Waals surface area contributed by atoms with Gasteiger partial charge in [-0.25, -0.2) is 0 Å². The van der Waals surface area contributed by atoms with E-state index >= 15 is 0 Å². The average molecular weight is 141 g/mol. The van der Waals surface area contributed by atoms with E-state index in [4.69, 9.17) is 10.5 Å². The second-order valence-corrected chi connectivity index (χ2v) is 2.88. The van der Waals surface area contributed by atoms with Crippen LogP contribution in [0.3, 0.4) is 0 Å². The second-order valence-electron chi connectivity index (χ2n) is 2.88. The first-order chi connectivity index (χ1) is 4.75. The summed E-state index contributed by atoms with van der Waals surface area (Å²) in [6.07, 6.45) is 5.16. The summed E-state index contributed by atoms with van der Waals surface area (Å²) in [7, 11) is 1.72. The average Bonchev–Trinajstić information content (AvgIpc) is 1.86. The summed E-state index contributed by atoms with van der Waals surface area (Å²) in [5.41, 5.74) is 5.71. The number of nitrogens with two attached hydrogens (primary N) is 1. The molecule has 1 fully saturated rings. The van der Waals surface area contributed by atoms with Gasteiger partial charge in [0.1, 0.15) is 0 Å². The van der Waals surface area contributed by atoms with Crippen LogP contribution < -0.4 is 5.73 Å². The molecule has 0 spiro atoms. The molecule has 1 rings (SSSR count). The van der Waals surface area contributed by atoms with Crippen molar-refractivity contribution in [3.8, 4) is 0 Å². The van der Waals surface area contributed by atoms with E-state index in [0.717, 1.165) is 12.8 Å². The van der Waals surface area contributed by atoms with Crippen molar-refractivity contribution in [3.05, 3.63) is 12.7 Å². The molecule has 1 aliphatic rings. The highest BCUT2D eigenvalue weighted by molar-refractivity contribution is 5.05. The fraction of sp³-hybridized carbons (Fsp3) is 0.750. The Kier molecular flexibility index (Phi) is 2.11. The summed E-state index contributed by atoms with van der Waals surface area (Å²) in [6.45, 7) is 3.65. The van der Waals surface area contributed by atoms with Gasteiger partial charge in [-0.05, 0) is 19.3 Å². The summed E-state index contributed by atoms with van der Waals surface area (Å²) in [5.74, 6) is 0. The van der Waals surface area contributed by atoms with Gasteiger partial charge < -0.3 is 10.5 Å². The Morgan fingerprint density at radius 1 is 1.70 bits per heavy atom. The summed E-state index contributed by atoms with van der Waals surface area (Å²) in [4.78, 5) is 0. The van der Waals surface area contributed by atoms with Crippen molar-refractivity contribution in [2.75, 3.05) is 7.11 Å². The number of ether oxygens (including phenoxy) is 1. The van der Waals surface area contributed by atoms with Gasteiger partial charge in [-0.15, -0.1) is 6.58 Å². The molecule has 0 bridgehead atoms. The summed E-state index contributed by atoms with van der Waals surface area (Å²) in [5, 5.41) is 0. The summed E-state index contributed by atoms with van der Waals surface area (Å²) < 4.78 is 5.33. The fourth-order valence-corrected chi connectivity index (χ4v) is 1.41. The van der Waals surface area contributed by atoms with Gasteiger partial charge in [0, 0.05) is 7.11 Å². The van der Waals surface area contributed by atoms with Crippen LogP contribution in [0.4, 0.5) is 0 Å². The first-order valence-corrected chi connectivity index (χ1v) is 3.68. The van der Waals surface area contributed by atoms with E-state index in [2.05, 4.69) is 6.58 Å². The minimum Gasteiger partial charge on any atom is -0.376 e. The van der Waals surface area contributed by atoms with E-state index < -0.39 is 0 Å². The molecule has 1 atom stereocenters. The lowest BCUT2D eigenvalue weighted by molar-refractivity contribution is -0.0798. The monoisotopic (exact) mass is 141 g/mol. The summed E-state index contributed by atoms with van der Waals surface area (Å²) in [6, 6.07) is 0.00579. The molecule has 0 saturated heterocycles. The summed E-state index contributed by atoms with van der Waals surface area (Å²) >= 11 is 0. The van der Waals surface area contributed by atoms with Crippen LogP contribution in [0.15, 0.2) is 12.7 Å². The van der Waals surface area contributed by atoms with Crippen molar-refractivity contribution in [3.63, 3.8) is 0 Å². The molecule has 1 aliphatic carbocycles. The third kappa shape index (κ3) is 0.976. The zero-order valence-corrected chi connectivity index (χ0v) is 6.47. The molecule has 2 heteroatoms. The highest BCUT2D eigenvalue weighted by Crippen LogP contribution is 2.37. The third-order valence-corrected chi connectivity index (χ3v) is 2.47. The molecule has 58 valence electrons. The van der Waals surface area contributed by atoms with Crippen molar-refractivity contribution in [1.82, 2.24) is 0 Å². The molecular formula is C8H15NO. The highest BCUT2D eigenvalue weighted by Gasteiger charge is 2.41. The van der Waals surface area contributed by atoms with E-state index in [9.17, 15) is 0 Å². The smallest absolute Gasteiger partial charge is 0.0864 e. The van der Waals surface area contributed by atoms with E-state index in [1.54, 1.807) is 13.2 Å². The van der Waals surface area contributed by atoms with Gasteiger partial charge in [0.05, 0.1) is 11.6 Å². The normalized spacial score (nSPS) is 25.0. The molecule has 0 aromatic rings. The first-order valence-electron chi connectivity index (χ1n) is 3.68. The van der Waals surface area contributed by atoms with Crippen LogP contribution in [0.25, 0.3) is 0 Å². The van der Waals surface area contributed by atoms with Gasteiger partial charge in [-0.2, -0.15) is 0 Å². The molecule has 0 aliphatic heterocycles. The zero-order valence-electron chi connectivity index (χ0n) is 6.47. The lowest BCUT2D eigenvalue weighted by atomic mass is 9.75. The minimum absolute atomic E-state index is 0.00579. The van der Waals surface area contributed by atoms with Gasteiger partial charge in [0.2, 0.25) is 0 Å². The maximum atomic E-state index is 5.78. The Balaban J connectivity index is 2.54. The van der Waals surface area contributed by atoms with Gasteiger partial charge in [0.25, 0.3) is 0 Å². The minimum atomic E-state index is -0.0677. The fourth-order valence-electron chi connectivity index (χ4n) is 1.41. The van der Waals surface area contributed by atoms with Crippen molar-refractivity contribution >= 4 is 0 Å². The van der Waals surface area contributed by atoms with Gasteiger partial charge in [-0.1, -0.05) is 6.08 Å². The van der Waals surface area contributed by atoms with Crippen LogP contribution >= 0.6 is 0 Å². The molecule has 0 aromatic heterocycles. The van der Waals surface area contributed by atoms with E-state index in [1.165, 1.54) is 6.42 Å². The lowest BCUT2D eigenvalue weighted by Crippen LogP contribution is -2.53. The van der Waals surface area contributed by atoms with Crippen LogP contribution in [-0.4, -0.2) is 18.8 Å². The molecule has 0 heterocycles. The van der Waals surface area contributed by atoms with Crippen molar-refractivity contribution in [2.45, 2.75) is 30.9 Å². The Morgan fingerprint density at radius 2 is 2.30 bits per heavy atom. The highest BCUT2D eigenvalue weighted by atomic mass is 16.5. The van der Waals surface area contributed by atoms with Crippen LogP contribution in [0.2, 0.25) is 0 Å². The molecule has 2 nitrogen and oxygen atoms in total. The third-order valence-electron chi connectivity index (χ3n) is 2.47. The topological polar surface area (TPSA) is 35.2 Å². The standard InChI is InChI=1S/C8H15NO/c1-3-7(9)8(10-2)5-4-6-8/h3,7H,1,4-6,9H2,2H3. The van der Waals surface area contributed by atoms with Gasteiger partial charge >= 0.3 is 0 Å². The van der Waals surface area contributed by atoms with Crippen LogP contribution in [0.5, 0.6) is 0 Å². The number of methoxy groups -OCH3 is 1. The molecule has 10 heavy (non-hydrogen) atoms. The Labute approximate surface area is 62.1 Å². The predicted octanol–water partition coefficient (Wildman–Crippen LogP) is 1.07. The molecule has 0 aromatic carbocycles. The molecule has 0 radical (unpaired) electrons. The largest absolute Gasteiger partial charge is 0.376 e. The Bertz CT molecular complexity index is 124. The van der Waals surface area contributed by atoms with Crippen molar-refractivity contribution in [2.24, 2.45) is 5.73 Å². The zero-order chi connectivity index (χ0) is 7.61. The SMILES string of the molecule is C=CC(N)C1(OC)CCC1. The Morgan fingerprint density at radius 3 is 2.40 bits per heavy atom. The van der Waals surface area contributed by atoms with E-state index in [1.807, 2.05) is 0 Å². The molecular weight excluding hydrogens is 126 g/mol. The van der Waals surface area contributed by atoms with Gasteiger partial charge in [0.15, 0.2) is 0 Å². The number of hydrogen-bond donors (Lipinski definition) is 1. The maximum Gasteiger partial charge on any atom is 0.0864 e. The number of hydrogen-bond acceptors (Lipinski definition) is 2.